The highest BCUT2D eigenvalue weighted by Crippen LogP contribution is 2.26. The Morgan fingerprint density at radius 2 is 1.70 bits per heavy atom. The van der Waals surface area contributed by atoms with Crippen LogP contribution in [0.2, 0.25) is 0 Å². The van der Waals surface area contributed by atoms with E-state index >= 15 is 0 Å². The lowest BCUT2D eigenvalue weighted by Crippen LogP contribution is -2.10. The first-order chi connectivity index (χ1) is 9.38. The predicted octanol–water partition coefficient (Wildman–Crippen LogP) is 5.35. The van der Waals surface area contributed by atoms with E-state index < -0.39 is 23.5 Å². The molecule has 0 aliphatic carbocycles. The lowest BCUT2D eigenvalue weighted by atomic mass is 10.1. The van der Waals surface area contributed by atoms with Crippen molar-refractivity contribution in [1.82, 2.24) is 0 Å². The van der Waals surface area contributed by atoms with Crippen molar-refractivity contribution >= 4 is 21.6 Å². The first kappa shape index (κ1) is 14.9. The summed E-state index contributed by atoms with van der Waals surface area (Å²) >= 11 is 3.17. The summed E-state index contributed by atoms with van der Waals surface area (Å²) in [5, 5.41) is 2.78. The van der Waals surface area contributed by atoms with E-state index in [1.54, 1.807) is 19.1 Å². The average molecular weight is 344 g/mol. The minimum atomic E-state index is -0.562. The third-order valence-electron chi connectivity index (χ3n) is 3.05. The molecule has 0 saturated heterocycles. The second kappa shape index (κ2) is 5.87. The molecule has 1 nitrogen and oxygen atoms in total. The minimum Gasteiger partial charge on any atom is -0.376 e. The van der Waals surface area contributed by atoms with Gasteiger partial charge in [-0.15, -0.1) is 0 Å². The van der Waals surface area contributed by atoms with Gasteiger partial charge in [0.05, 0.1) is 11.7 Å². The molecule has 0 fully saturated rings. The van der Waals surface area contributed by atoms with Crippen molar-refractivity contribution in [3.63, 3.8) is 0 Å². The Morgan fingerprint density at radius 3 is 2.35 bits per heavy atom. The molecule has 2 rings (SSSR count). The first-order valence-electron chi connectivity index (χ1n) is 6.05. The molecule has 0 radical (unpaired) electrons. The molecule has 1 atom stereocenters. The highest BCUT2D eigenvalue weighted by atomic mass is 79.9. The van der Waals surface area contributed by atoms with E-state index in [1.807, 2.05) is 0 Å². The molecule has 0 aromatic heterocycles. The van der Waals surface area contributed by atoms with E-state index in [0.717, 1.165) is 12.1 Å². The monoisotopic (exact) mass is 343 g/mol. The first-order valence-corrected chi connectivity index (χ1v) is 6.85. The van der Waals surface area contributed by atoms with E-state index in [-0.39, 0.29) is 11.3 Å². The quantitative estimate of drug-likeness (QED) is 0.792. The normalized spacial score (nSPS) is 12.3. The van der Waals surface area contributed by atoms with Crippen molar-refractivity contribution in [1.29, 1.82) is 0 Å². The van der Waals surface area contributed by atoms with Crippen molar-refractivity contribution in [3.8, 4) is 0 Å². The number of hydrogen-bond acceptors (Lipinski definition) is 1. The molecule has 1 N–H and O–H groups in total. The molecular formula is C15H13BrF3N. The Morgan fingerprint density at radius 1 is 1.00 bits per heavy atom. The van der Waals surface area contributed by atoms with Crippen molar-refractivity contribution in [2.75, 3.05) is 5.32 Å². The van der Waals surface area contributed by atoms with E-state index in [0.29, 0.717) is 10.0 Å². The molecule has 0 bridgehead atoms. The van der Waals surface area contributed by atoms with Gasteiger partial charge < -0.3 is 5.32 Å². The number of halogens is 4. The Hall–Kier alpha value is -1.49. The van der Waals surface area contributed by atoms with Crippen LogP contribution in [0.15, 0.2) is 34.8 Å². The van der Waals surface area contributed by atoms with Gasteiger partial charge >= 0.3 is 0 Å². The molecule has 2 aromatic rings. The van der Waals surface area contributed by atoms with Gasteiger partial charge in [-0.25, -0.2) is 13.2 Å². The summed E-state index contributed by atoms with van der Waals surface area (Å²) in [4.78, 5) is 0. The summed E-state index contributed by atoms with van der Waals surface area (Å²) in [6, 6.07) is 6.34. The van der Waals surface area contributed by atoms with Gasteiger partial charge in [-0.2, -0.15) is 0 Å². The molecule has 2 aromatic carbocycles. The van der Waals surface area contributed by atoms with Gasteiger partial charge in [0.2, 0.25) is 0 Å². The van der Waals surface area contributed by atoms with Crippen LogP contribution in [0.3, 0.4) is 0 Å². The van der Waals surface area contributed by atoms with Crippen molar-refractivity contribution in [3.05, 3.63) is 63.4 Å². The van der Waals surface area contributed by atoms with E-state index in [2.05, 4.69) is 21.2 Å². The Bertz CT molecular complexity index is 643. The van der Waals surface area contributed by atoms with Crippen LogP contribution < -0.4 is 5.32 Å². The molecule has 0 aliphatic heterocycles. The lowest BCUT2D eigenvalue weighted by Gasteiger charge is -2.17. The maximum Gasteiger partial charge on any atom is 0.146 e. The molecule has 5 heteroatoms. The van der Waals surface area contributed by atoms with Crippen LogP contribution in [0.4, 0.5) is 18.9 Å². The molecule has 1 unspecified atom stereocenters. The van der Waals surface area contributed by atoms with Crippen LogP contribution in [-0.4, -0.2) is 0 Å². The zero-order valence-electron chi connectivity index (χ0n) is 11.0. The van der Waals surface area contributed by atoms with Crippen molar-refractivity contribution in [2.24, 2.45) is 0 Å². The molecule has 0 aliphatic rings. The predicted molar refractivity (Wildman–Crippen MR) is 77.2 cm³/mol. The van der Waals surface area contributed by atoms with Crippen LogP contribution >= 0.6 is 15.9 Å². The molecule has 0 spiro atoms. The van der Waals surface area contributed by atoms with Crippen molar-refractivity contribution in [2.45, 2.75) is 19.9 Å². The summed E-state index contributed by atoms with van der Waals surface area (Å²) in [5.41, 5.74) is 0.632. The fourth-order valence-corrected chi connectivity index (χ4v) is 2.25. The van der Waals surface area contributed by atoms with Gasteiger partial charge in [-0.05, 0) is 37.6 Å². The number of hydrogen-bond donors (Lipinski definition) is 1. The number of nitrogens with one attached hydrogen (secondary N) is 1. The van der Waals surface area contributed by atoms with Crippen LogP contribution in [0.5, 0.6) is 0 Å². The van der Waals surface area contributed by atoms with Gasteiger partial charge in [0.15, 0.2) is 0 Å². The zero-order valence-corrected chi connectivity index (χ0v) is 12.6. The standard InChI is InChI=1S/C15H13BrF3N/c1-8-5-14(19)15(7-12(8)17)20-9(2)11-4-3-10(16)6-13(11)18/h3-7,9,20H,1-2H3. The van der Waals surface area contributed by atoms with Crippen LogP contribution in [0, 0.1) is 24.4 Å². The molecular weight excluding hydrogens is 331 g/mol. The SMILES string of the molecule is Cc1cc(F)c(NC(C)c2ccc(Br)cc2F)cc1F. The molecule has 20 heavy (non-hydrogen) atoms. The van der Waals surface area contributed by atoms with Gasteiger partial charge in [-0.1, -0.05) is 22.0 Å². The number of rotatable bonds is 3. The third-order valence-corrected chi connectivity index (χ3v) is 3.54. The molecule has 0 heterocycles. The zero-order chi connectivity index (χ0) is 14.9. The summed E-state index contributed by atoms with van der Waals surface area (Å²) in [5.74, 6) is -1.47. The molecule has 0 saturated carbocycles. The molecule has 106 valence electrons. The van der Waals surface area contributed by atoms with Gasteiger partial charge in [-0.3, -0.25) is 0 Å². The Kier molecular flexibility index (Phi) is 4.38. The highest BCUT2D eigenvalue weighted by Gasteiger charge is 2.14. The van der Waals surface area contributed by atoms with Crippen LogP contribution in [0.25, 0.3) is 0 Å². The van der Waals surface area contributed by atoms with Gasteiger partial charge in [0.1, 0.15) is 17.5 Å². The Balaban J connectivity index is 2.27. The number of aryl methyl sites for hydroxylation is 1. The summed E-state index contributed by atoms with van der Waals surface area (Å²) < 4.78 is 41.6. The number of benzene rings is 2. The average Bonchev–Trinajstić information content (AvgIpc) is 2.35. The molecule has 0 amide bonds. The Labute approximate surface area is 123 Å². The summed E-state index contributed by atoms with van der Waals surface area (Å²) in [6.45, 7) is 3.17. The fraction of sp³-hybridized carbons (Fsp3) is 0.200. The lowest BCUT2D eigenvalue weighted by molar-refractivity contribution is 0.586. The van der Waals surface area contributed by atoms with Crippen LogP contribution in [-0.2, 0) is 0 Å². The van der Waals surface area contributed by atoms with Gasteiger partial charge in [0, 0.05) is 16.1 Å². The van der Waals surface area contributed by atoms with E-state index in [4.69, 9.17) is 0 Å². The maximum atomic E-state index is 13.8. The fourth-order valence-electron chi connectivity index (χ4n) is 1.92. The highest BCUT2D eigenvalue weighted by molar-refractivity contribution is 9.10. The van der Waals surface area contributed by atoms with E-state index in [1.165, 1.54) is 13.0 Å². The number of anilines is 1. The maximum absolute atomic E-state index is 13.8. The summed E-state index contributed by atoms with van der Waals surface area (Å²) in [7, 11) is 0. The topological polar surface area (TPSA) is 12.0 Å². The largest absolute Gasteiger partial charge is 0.376 e. The van der Waals surface area contributed by atoms with Gasteiger partial charge in [0.25, 0.3) is 0 Å². The second-order valence-electron chi connectivity index (χ2n) is 4.61. The second-order valence-corrected chi connectivity index (χ2v) is 5.53. The third kappa shape index (κ3) is 3.15. The summed E-state index contributed by atoms with van der Waals surface area (Å²) in [6.07, 6.45) is 0. The van der Waals surface area contributed by atoms with E-state index in [9.17, 15) is 13.2 Å². The van der Waals surface area contributed by atoms with Crippen LogP contribution in [0.1, 0.15) is 24.1 Å². The minimum absolute atomic E-state index is 0.0166. The smallest absolute Gasteiger partial charge is 0.146 e. The van der Waals surface area contributed by atoms with Crippen molar-refractivity contribution < 1.29 is 13.2 Å².